The Balaban J connectivity index is 2.65. The van der Waals surface area contributed by atoms with E-state index < -0.39 is 17.8 Å². The zero-order valence-corrected chi connectivity index (χ0v) is 14.2. The molecule has 2 N–H and O–H groups in total. The Morgan fingerprint density at radius 3 is 2.83 bits per heavy atom. The number of esters is 1. The first-order chi connectivity index (χ1) is 11.0. The monoisotopic (exact) mass is 386 g/mol. The van der Waals surface area contributed by atoms with Crippen LogP contribution in [0.2, 0.25) is 0 Å². The van der Waals surface area contributed by atoms with E-state index in [9.17, 15) is 9.18 Å². The summed E-state index contributed by atoms with van der Waals surface area (Å²) >= 11 is 3.31. The van der Waals surface area contributed by atoms with Gasteiger partial charge in [-0.05, 0) is 22.0 Å². The third kappa shape index (κ3) is 3.41. The summed E-state index contributed by atoms with van der Waals surface area (Å²) in [5.74, 6) is -1.16. The number of hydrogen-bond donors (Lipinski definition) is 1. The van der Waals surface area contributed by atoms with Gasteiger partial charge in [-0.2, -0.15) is 5.10 Å². The molecule has 2 rings (SSSR count). The van der Waals surface area contributed by atoms with Crippen LogP contribution in [0, 0.1) is 5.82 Å². The molecule has 0 fully saturated rings. The Labute approximate surface area is 140 Å². The average molecular weight is 387 g/mol. The Kier molecular flexibility index (Phi) is 5.80. The minimum Gasteiger partial charge on any atom is -0.464 e. The molecule has 0 saturated carbocycles. The molecule has 0 radical (unpaired) electrons. The minimum atomic E-state index is -0.611. The number of nitrogens with zero attached hydrogens (tertiary/aromatic N) is 3. The summed E-state index contributed by atoms with van der Waals surface area (Å²) in [5.41, 5.74) is 6.36. The van der Waals surface area contributed by atoms with Gasteiger partial charge >= 0.3 is 5.97 Å². The van der Waals surface area contributed by atoms with Gasteiger partial charge in [0, 0.05) is 25.4 Å². The number of ether oxygens (including phenoxy) is 2. The summed E-state index contributed by atoms with van der Waals surface area (Å²) in [6.45, 7) is 0.428. The number of carbonyl (C=O) groups excluding carboxylic acids is 1. The summed E-state index contributed by atoms with van der Waals surface area (Å²) < 4.78 is 25.6. The van der Waals surface area contributed by atoms with Crippen LogP contribution < -0.4 is 5.73 Å². The van der Waals surface area contributed by atoms with Gasteiger partial charge in [0.2, 0.25) is 0 Å². The highest BCUT2D eigenvalue weighted by molar-refractivity contribution is 9.10. The molecule has 0 aliphatic heterocycles. The van der Waals surface area contributed by atoms with Crippen molar-refractivity contribution in [1.82, 2.24) is 14.8 Å². The molecule has 0 unspecified atom stereocenters. The van der Waals surface area contributed by atoms with E-state index >= 15 is 0 Å². The van der Waals surface area contributed by atoms with Crippen molar-refractivity contribution in [3.63, 3.8) is 0 Å². The maximum Gasteiger partial charge on any atom is 0.357 e. The Bertz CT molecular complexity index is 707. The van der Waals surface area contributed by atoms with Crippen molar-refractivity contribution in [2.24, 2.45) is 5.73 Å². The number of methoxy groups -OCH3 is 2. The maximum absolute atomic E-state index is 14.0. The van der Waals surface area contributed by atoms with Crippen molar-refractivity contribution in [3.05, 3.63) is 34.4 Å². The minimum absolute atomic E-state index is 0.145. The fraction of sp³-hybridized carbons (Fsp3) is 0.357. The summed E-state index contributed by atoms with van der Waals surface area (Å²) in [4.78, 5) is 15.8. The molecule has 0 amide bonds. The van der Waals surface area contributed by atoms with E-state index in [0.717, 1.165) is 6.20 Å². The van der Waals surface area contributed by atoms with Crippen molar-refractivity contribution in [3.8, 4) is 11.3 Å². The van der Waals surface area contributed by atoms with Crippen LogP contribution in [0.4, 0.5) is 4.39 Å². The third-order valence-electron chi connectivity index (χ3n) is 3.24. The Morgan fingerprint density at radius 2 is 2.26 bits per heavy atom. The predicted octanol–water partition coefficient (Wildman–Crippen LogP) is 1.78. The standard InChI is InChI=1S/C14H16BrFN4O3/c1-22-7-8(5-17)20-13(14(21)23-2)11(15)12(19-20)9-3-4-18-6-10(9)16/h3-4,6,8H,5,7,17H2,1-2H3/t8-/m1/s1. The molecule has 1 atom stereocenters. The van der Waals surface area contributed by atoms with Crippen molar-refractivity contribution >= 4 is 21.9 Å². The second kappa shape index (κ2) is 7.62. The van der Waals surface area contributed by atoms with E-state index in [4.69, 9.17) is 15.2 Å². The van der Waals surface area contributed by atoms with Gasteiger partial charge in [0.15, 0.2) is 11.5 Å². The molecule has 2 aromatic heterocycles. The van der Waals surface area contributed by atoms with Crippen LogP contribution in [0.25, 0.3) is 11.3 Å². The lowest BCUT2D eigenvalue weighted by molar-refractivity contribution is 0.0576. The van der Waals surface area contributed by atoms with E-state index in [1.807, 2.05) is 0 Å². The summed E-state index contributed by atoms with van der Waals surface area (Å²) in [6.07, 6.45) is 2.52. The molecule has 0 aromatic carbocycles. The lowest BCUT2D eigenvalue weighted by Gasteiger charge is -2.16. The molecular formula is C14H16BrFN4O3. The number of aromatic nitrogens is 3. The van der Waals surface area contributed by atoms with E-state index in [2.05, 4.69) is 26.0 Å². The first-order valence-electron chi connectivity index (χ1n) is 6.70. The number of rotatable bonds is 6. The molecule has 0 spiro atoms. The van der Waals surface area contributed by atoms with E-state index in [-0.39, 0.29) is 30.1 Å². The molecule has 0 saturated heterocycles. The van der Waals surface area contributed by atoms with Gasteiger partial charge in [0.05, 0.1) is 30.4 Å². The zero-order valence-electron chi connectivity index (χ0n) is 12.6. The van der Waals surface area contributed by atoms with Gasteiger partial charge in [0.25, 0.3) is 0 Å². The number of hydrogen-bond acceptors (Lipinski definition) is 6. The van der Waals surface area contributed by atoms with E-state index in [0.29, 0.717) is 4.47 Å². The van der Waals surface area contributed by atoms with Gasteiger partial charge in [0.1, 0.15) is 5.69 Å². The number of nitrogens with two attached hydrogens (primary N) is 1. The fourth-order valence-corrected chi connectivity index (χ4v) is 2.77. The van der Waals surface area contributed by atoms with Gasteiger partial charge in [-0.15, -0.1) is 0 Å². The quantitative estimate of drug-likeness (QED) is 0.760. The number of halogens is 2. The average Bonchev–Trinajstić information content (AvgIpc) is 2.89. The van der Waals surface area contributed by atoms with Gasteiger partial charge in [-0.3, -0.25) is 4.98 Å². The molecule has 124 valence electrons. The maximum atomic E-state index is 14.0. The molecule has 7 nitrogen and oxygen atoms in total. The van der Waals surface area contributed by atoms with E-state index in [1.165, 1.54) is 31.2 Å². The first kappa shape index (κ1) is 17.5. The fourth-order valence-electron chi connectivity index (χ4n) is 2.13. The Hall–Kier alpha value is -1.84. The third-order valence-corrected chi connectivity index (χ3v) is 3.99. The van der Waals surface area contributed by atoms with Gasteiger partial charge in [-0.25, -0.2) is 13.9 Å². The largest absolute Gasteiger partial charge is 0.464 e. The lowest BCUT2D eigenvalue weighted by atomic mass is 10.2. The zero-order chi connectivity index (χ0) is 17.0. The normalized spacial score (nSPS) is 12.2. The smallest absolute Gasteiger partial charge is 0.357 e. The van der Waals surface area contributed by atoms with Gasteiger partial charge in [-0.1, -0.05) is 0 Å². The van der Waals surface area contributed by atoms with Crippen molar-refractivity contribution in [2.75, 3.05) is 27.4 Å². The topological polar surface area (TPSA) is 92.3 Å². The molecule has 0 bridgehead atoms. The Morgan fingerprint density at radius 1 is 1.52 bits per heavy atom. The SMILES string of the molecule is COC[C@@H](CN)n1nc(-c2ccncc2F)c(Br)c1C(=O)OC. The van der Waals surface area contributed by atoms with Crippen molar-refractivity contribution < 1.29 is 18.7 Å². The molecule has 2 aromatic rings. The molecule has 0 aliphatic carbocycles. The van der Waals surface area contributed by atoms with Crippen LogP contribution in [0.15, 0.2) is 22.9 Å². The summed E-state index contributed by atoms with van der Waals surface area (Å²) in [5, 5.41) is 4.34. The van der Waals surface area contributed by atoms with Gasteiger partial charge < -0.3 is 15.2 Å². The van der Waals surface area contributed by atoms with Crippen LogP contribution in [-0.4, -0.2) is 48.1 Å². The second-order valence-corrected chi connectivity index (χ2v) is 5.44. The number of carbonyl (C=O) groups is 1. The van der Waals surface area contributed by atoms with Crippen LogP contribution in [-0.2, 0) is 9.47 Å². The van der Waals surface area contributed by atoms with Crippen molar-refractivity contribution in [1.29, 1.82) is 0 Å². The second-order valence-electron chi connectivity index (χ2n) is 4.65. The molecule has 23 heavy (non-hydrogen) atoms. The summed E-state index contributed by atoms with van der Waals surface area (Å²) in [7, 11) is 2.77. The van der Waals surface area contributed by atoms with Crippen LogP contribution >= 0.6 is 15.9 Å². The van der Waals surface area contributed by atoms with Crippen LogP contribution in [0.1, 0.15) is 16.5 Å². The lowest BCUT2D eigenvalue weighted by Crippen LogP contribution is -2.27. The highest BCUT2D eigenvalue weighted by Crippen LogP contribution is 2.33. The molecule has 9 heteroatoms. The first-order valence-corrected chi connectivity index (χ1v) is 7.49. The van der Waals surface area contributed by atoms with Crippen LogP contribution in [0.5, 0.6) is 0 Å². The molecule has 2 heterocycles. The summed E-state index contributed by atoms with van der Waals surface area (Å²) in [6, 6.07) is 1.07. The molecular weight excluding hydrogens is 371 g/mol. The predicted molar refractivity (Wildman–Crippen MR) is 84.4 cm³/mol. The van der Waals surface area contributed by atoms with Crippen LogP contribution in [0.3, 0.4) is 0 Å². The van der Waals surface area contributed by atoms with Crippen molar-refractivity contribution in [2.45, 2.75) is 6.04 Å². The van der Waals surface area contributed by atoms with E-state index in [1.54, 1.807) is 0 Å². The highest BCUT2D eigenvalue weighted by atomic mass is 79.9. The molecule has 0 aliphatic rings. The highest BCUT2D eigenvalue weighted by Gasteiger charge is 2.28. The number of pyridine rings is 1.